The number of halogens is 3. The Morgan fingerprint density at radius 3 is 2.62 bits per heavy atom. The predicted octanol–water partition coefficient (Wildman–Crippen LogP) is 2.71. The number of nitrogens with one attached hydrogen (secondary N) is 2. The zero-order valence-corrected chi connectivity index (χ0v) is 15.6. The fourth-order valence-corrected chi connectivity index (χ4v) is 3.67. The number of rotatable bonds is 5. The lowest BCUT2D eigenvalue weighted by atomic mass is 9.91. The molecular formula is C19H21F3N6O. The van der Waals surface area contributed by atoms with Gasteiger partial charge in [0.2, 0.25) is 0 Å². The predicted molar refractivity (Wildman–Crippen MR) is 99.9 cm³/mol. The van der Waals surface area contributed by atoms with Gasteiger partial charge >= 0.3 is 6.18 Å². The molecule has 0 atom stereocenters. The molecule has 0 aliphatic heterocycles. The molecule has 2 N–H and O–H groups in total. The molecule has 0 spiro atoms. The van der Waals surface area contributed by atoms with Crippen molar-refractivity contribution >= 4 is 11.4 Å². The molecule has 29 heavy (non-hydrogen) atoms. The Labute approximate surface area is 165 Å². The minimum atomic E-state index is -4.21. The molecule has 0 aromatic carbocycles. The second kappa shape index (κ2) is 7.86. The second-order valence-electron chi connectivity index (χ2n) is 7.24. The number of carbonyl (C=O) groups excluding carboxylic acids is 1. The Morgan fingerprint density at radius 2 is 1.93 bits per heavy atom. The molecule has 3 heterocycles. The normalized spacial score (nSPS) is 20.1. The monoisotopic (exact) mass is 406 g/mol. The van der Waals surface area contributed by atoms with Crippen molar-refractivity contribution in [1.29, 1.82) is 0 Å². The van der Waals surface area contributed by atoms with E-state index < -0.39 is 12.7 Å². The first-order valence-electron chi connectivity index (χ1n) is 9.46. The van der Waals surface area contributed by atoms with Crippen LogP contribution < -0.4 is 10.6 Å². The maximum Gasteiger partial charge on any atom is 0.401 e. The van der Waals surface area contributed by atoms with Crippen LogP contribution in [0.4, 0.5) is 13.2 Å². The van der Waals surface area contributed by atoms with Crippen LogP contribution in [-0.2, 0) is 0 Å². The fraction of sp³-hybridized carbons (Fsp3) is 0.421. The number of aromatic nitrogens is 4. The standard InChI is InChI=1S/C19H21F3N6O/c20-19(21,22)11-24-13-3-5-14(6-4-13)25-18(29)15-10-27-8-1-2-16(27)17(26-15)28-9-7-23-12-28/h1-2,7-10,12-14,24H,3-6,11H2,(H,25,29). The van der Waals surface area contributed by atoms with Crippen LogP contribution in [0.15, 0.2) is 43.2 Å². The first-order valence-corrected chi connectivity index (χ1v) is 9.46. The van der Waals surface area contributed by atoms with Crippen molar-refractivity contribution in [3.8, 4) is 5.82 Å². The van der Waals surface area contributed by atoms with Crippen LogP contribution in [0.2, 0.25) is 0 Å². The number of fused-ring (bicyclic) bond motifs is 1. The van der Waals surface area contributed by atoms with Crippen LogP contribution in [0, 0.1) is 0 Å². The van der Waals surface area contributed by atoms with Gasteiger partial charge in [0.15, 0.2) is 5.82 Å². The molecule has 7 nitrogen and oxygen atoms in total. The van der Waals surface area contributed by atoms with Gasteiger partial charge in [0, 0.05) is 36.9 Å². The largest absolute Gasteiger partial charge is 0.401 e. The lowest BCUT2D eigenvalue weighted by molar-refractivity contribution is -0.126. The van der Waals surface area contributed by atoms with E-state index in [9.17, 15) is 18.0 Å². The summed E-state index contributed by atoms with van der Waals surface area (Å²) in [4.78, 5) is 21.3. The van der Waals surface area contributed by atoms with Gasteiger partial charge < -0.3 is 15.0 Å². The number of imidazole rings is 1. The van der Waals surface area contributed by atoms with E-state index in [4.69, 9.17) is 0 Å². The number of alkyl halides is 3. The fourth-order valence-electron chi connectivity index (χ4n) is 3.67. The molecular weight excluding hydrogens is 385 g/mol. The van der Waals surface area contributed by atoms with Crippen molar-refractivity contribution in [2.45, 2.75) is 43.9 Å². The molecule has 0 unspecified atom stereocenters. The third-order valence-corrected chi connectivity index (χ3v) is 5.13. The van der Waals surface area contributed by atoms with Crippen LogP contribution in [0.3, 0.4) is 0 Å². The molecule has 0 bridgehead atoms. The second-order valence-corrected chi connectivity index (χ2v) is 7.24. The molecule has 4 rings (SSSR count). The summed E-state index contributed by atoms with van der Waals surface area (Å²) in [6, 6.07) is 3.52. The van der Waals surface area contributed by atoms with Crippen LogP contribution in [0.25, 0.3) is 11.3 Å². The highest BCUT2D eigenvalue weighted by molar-refractivity contribution is 5.93. The molecule has 0 radical (unpaired) electrons. The number of carbonyl (C=O) groups is 1. The van der Waals surface area contributed by atoms with Gasteiger partial charge in [0.25, 0.3) is 5.91 Å². The van der Waals surface area contributed by atoms with Gasteiger partial charge in [0.1, 0.15) is 12.0 Å². The summed E-state index contributed by atoms with van der Waals surface area (Å²) in [7, 11) is 0. The van der Waals surface area contributed by atoms with Gasteiger partial charge in [-0.15, -0.1) is 0 Å². The topological polar surface area (TPSA) is 76.2 Å². The zero-order valence-electron chi connectivity index (χ0n) is 15.6. The van der Waals surface area contributed by atoms with Gasteiger partial charge in [0.05, 0.1) is 12.1 Å². The molecule has 3 aromatic heterocycles. The van der Waals surface area contributed by atoms with Crippen molar-refractivity contribution in [2.24, 2.45) is 0 Å². The molecule has 1 saturated carbocycles. The smallest absolute Gasteiger partial charge is 0.348 e. The number of nitrogens with zero attached hydrogens (tertiary/aromatic N) is 4. The van der Waals surface area contributed by atoms with Gasteiger partial charge in [-0.1, -0.05) is 0 Å². The van der Waals surface area contributed by atoms with Crippen molar-refractivity contribution in [1.82, 2.24) is 29.6 Å². The highest BCUT2D eigenvalue weighted by atomic mass is 19.4. The van der Waals surface area contributed by atoms with Crippen molar-refractivity contribution in [3.05, 3.63) is 48.9 Å². The number of hydrogen-bond donors (Lipinski definition) is 2. The maximum absolute atomic E-state index is 12.8. The Hall–Kier alpha value is -2.88. The Balaban J connectivity index is 1.41. The number of hydrogen-bond acceptors (Lipinski definition) is 4. The SMILES string of the molecule is O=C(NC1CCC(NCC(F)(F)F)CC1)c1cn2cccc2c(-n2ccnc2)n1. The summed E-state index contributed by atoms with van der Waals surface area (Å²) in [5.41, 5.74) is 1.12. The average Bonchev–Trinajstić information content (AvgIpc) is 3.37. The summed E-state index contributed by atoms with van der Waals surface area (Å²) in [6.07, 6.45) is 6.74. The van der Waals surface area contributed by atoms with E-state index in [0.29, 0.717) is 31.5 Å². The molecule has 1 fully saturated rings. The number of amides is 1. The summed E-state index contributed by atoms with van der Waals surface area (Å²) in [5.74, 6) is 0.300. The van der Waals surface area contributed by atoms with E-state index in [-0.39, 0.29) is 23.7 Å². The maximum atomic E-state index is 12.8. The molecule has 1 aliphatic carbocycles. The molecule has 154 valence electrons. The van der Waals surface area contributed by atoms with Crippen LogP contribution in [0.1, 0.15) is 36.2 Å². The quantitative estimate of drug-likeness (QED) is 0.683. The van der Waals surface area contributed by atoms with Crippen LogP contribution in [-0.4, -0.2) is 49.6 Å². The lowest BCUT2D eigenvalue weighted by Crippen LogP contribution is -2.44. The summed E-state index contributed by atoms with van der Waals surface area (Å²) in [5, 5.41) is 5.51. The lowest BCUT2D eigenvalue weighted by Gasteiger charge is -2.30. The van der Waals surface area contributed by atoms with E-state index in [1.54, 1.807) is 29.5 Å². The third kappa shape index (κ3) is 4.58. The van der Waals surface area contributed by atoms with E-state index in [1.165, 1.54) is 0 Å². The highest BCUT2D eigenvalue weighted by Gasteiger charge is 2.30. The minimum Gasteiger partial charge on any atom is -0.348 e. The van der Waals surface area contributed by atoms with E-state index >= 15 is 0 Å². The third-order valence-electron chi connectivity index (χ3n) is 5.13. The summed E-state index contributed by atoms with van der Waals surface area (Å²) in [6.45, 7) is -0.980. The molecule has 3 aromatic rings. The van der Waals surface area contributed by atoms with Gasteiger partial charge in [-0.3, -0.25) is 9.36 Å². The van der Waals surface area contributed by atoms with Crippen molar-refractivity contribution < 1.29 is 18.0 Å². The van der Waals surface area contributed by atoms with E-state index in [0.717, 1.165) is 5.52 Å². The van der Waals surface area contributed by atoms with E-state index in [1.807, 2.05) is 22.7 Å². The summed E-state index contributed by atoms with van der Waals surface area (Å²) < 4.78 is 40.6. The molecule has 1 aliphatic rings. The Morgan fingerprint density at radius 1 is 1.17 bits per heavy atom. The van der Waals surface area contributed by atoms with Crippen LogP contribution >= 0.6 is 0 Å². The Kier molecular flexibility index (Phi) is 5.27. The van der Waals surface area contributed by atoms with Gasteiger partial charge in [-0.05, 0) is 37.8 Å². The molecule has 10 heteroatoms. The average molecular weight is 406 g/mol. The first-order chi connectivity index (χ1) is 13.9. The highest BCUT2D eigenvalue weighted by Crippen LogP contribution is 2.21. The van der Waals surface area contributed by atoms with Gasteiger partial charge in [-0.25, -0.2) is 9.97 Å². The van der Waals surface area contributed by atoms with Crippen molar-refractivity contribution in [3.63, 3.8) is 0 Å². The minimum absolute atomic E-state index is 0.0784. The molecule has 1 amide bonds. The zero-order chi connectivity index (χ0) is 20.4. The molecule has 0 saturated heterocycles. The van der Waals surface area contributed by atoms with Crippen LogP contribution in [0.5, 0.6) is 0 Å². The summed E-state index contributed by atoms with van der Waals surface area (Å²) >= 11 is 0. The Bertz CT molecular complexity index is 974. The first kappa shape index (κ1) is 19.4. The van der Waals surface area contributed by atoms with E-state index in [2.05, 4.69) is 20.6 Å². The van der Waals surface area contributed by atoms with Crippen molar-refractivity contribution in [2.75, 3.05) is 6.54 Å². The van der Waals surface area contributed by atoms with Gasteiger partial charge in [-0.2, -0.15) is 13.2 Å².